The van der Waals surface area contributed by atoms with Crippen LogP contribution in [-0.4, -0.2) is 55.4 Å². The molecule has 0 aromatic carbocycles. The maximum absolute atomic E-state index is 11.0. The summed E-state index contributed by atoms with van der Waals surface area (Å²) in [6.07, 6.45) is 18.2. The Morgan fingerprint density at radius 1 is 0.966 bits per heavy atom. The van der Waals surface area contributed by atoms with Crippen molar-refractivity contribution in [3.05, 3.63) is 24.3 Å². The number of ether oxygens (including phenoxy) is 2. The Morgan fingerprint density at radius 2 is 1.52 bits per heavy atom. The predicted octanol–water partition coefficient (Wildman–Crippen LogP) is 4.33. The number of hydrogen-bond acceptors (Lipinski definition) is 5. The summed E-state index contributed by atoms with van der Waals surface area (Å²) < 4.78 is 26.9. The highest BCUT2D eigenvalue weighted by atomic mass is 31.1. The zero-order valence-electron chi connectivity index (χ0n) is 17.7. The molecule has 4 unspecified atom stereocenters. The first kappa shape index (κ1) is 26.5. The van der Waals surface area contributed by atoms with Gasteiger partial charge in [-0.25, -0.2) is 0 Å². The van der Waals surface area contributed by atoms with Crippen molar-refractivity contribution in [3.63, 3.8) is 0 Å². The number of hydrogen-bond donors (Lipinski definition) is 2. The summed E-state index contributed by atoms with van der Waals surface area (Å²) in [5.74, 6) is 0. The minimum atomic E-state index is -2.82. The van der Waals surface area contributed by atoms with Crippen molar-refractivity contribution in [2.45, 2.75) is 95.4 Å². The molecule has 2 N–H and O–H groups in total. The van der Waals surface area contributed by atoms with Gasteiger partial charge in [-0.3, -0.25) is 0 Å². The van der Waals surface area contributed by atoms with Gasteiger partial charge in [0, 0.05) is 17.2 Å². The highest BCUT2D eigenvalue weighted by molar-refractivity contribution is 7.32. The van der Waals surface area contributed by atoms with Crippen molar-refractivity contribution in [2.24, 2.45) is 0 Å². The zero-order chi connectivity index (χ0) is 21.3. The first-order valence-corrected chi connectivity index (χ1v) is 12.0. The molecule has 1 heterocycles. The maximum Gasteiger partial charge on any atom is 0.695 e. The Hall–Kier alpha value is -0.555. The van der Waals surface area contributed by atoms with E-state index in [1.807, 2.05) is 0 Å². The van der Waals surface area contributed by atoms with Crippen LogP contribution in [-0.2, 0) is 18.6 Å². The maximum atomic E-state index is 11.0. The Labute approximate surface area is 178 Å². The number of aliphatic hydroxyl groups excluding tert-OH is 1. The normalized spacial score (nSPS) is 25.4. The van der Waals surface area contributed by atoms with E-state index >= 15 is 0 Å². The van der Waals surface area contributed by atoms with Crippen molar-refractivity contribution in [1.82, 2.24) is 0 Å². The summed E-state index contributed by atoms with van der Waals surface area (Å²) in [6, 6.07) is -0.789. The molecular weight excluding hydrogens is 390 g/mol. The lowest BCUT2D eigenvalue weighted by Crippen LogP contribution is -2.37. The molecule has 0 aromatic heterocycles. The van der Waals surface area contributed by atoms with Gasteiger partial charge in [-0.1, -0.05) is 44.1 Å². The summed E-state index contributed by atoms with van der Waals surface area (Å²) in [7, 11) is 3.02. The van der Waals surface area contributed by atoms with Gasteiger partial charge in [0.2, 0.25) is 0 Å². The lowest BCUT2D eigenvalue weighted by Gasteiger charge is -2.18. The van der Waals surface area contributed by atoms with Crippen LogP contribution in [0, 0.1) is 0 Å². The van der Waals surface area contributed by atoms with Crippen LogP contribution in [0.3, 0.4) is 0 Å². The number of allylic oxidation sites excluding steroid dienone is 4. The number of rotatable bonds is 17. The first-order valence-electron chi connectivity index (χ1n) is 10.9. The molecule has 29 heavy (non-hydrogen) atoms. The second-order valence-electron chi connectivity index (χ2n) is 7.33. The van der Waals surface area contributed by atoms with E-state index in [0.717, 1.165) is 25.7 Å². The Bertz CT molecular complexity index is 488. The number of aliphatic hydroxyl groups is 1. The highest BCUT2D eigenvalue weighted by Crippen LogP contribution is 2.31. The van der Waals surface area contributed by atoms with Crippen molar-refractivity contribution >= 4 is 16.1 Å². The first-order chi connectivity index (χ1) is 14.1. The molecule has 0 bridgehead atoms. The van der Waals surface area contributed by atoms with Gasteiger partial charge < -0.3 is 14.6 Å². The smallest absolute Gasteiger partial charge is 0.394 e. The topological polar surface area (TPSA) is 85.2 Å². The minimum Gasteiger partial charge on any atom is -0.394 e. The predicted molar refractivity (Wildman–Crippen MR) is 116 cm³/mol. The van der Waals surface area contributed by atoms with Crippen molar-refractivity contribution in [3.8, 4) is 0 Å². The average Bonchev–Trinajstić information content (AvgIpc) is 2.99. The highest BCUT2D eigenvalue weighted by Gasteiger charge is 2.48. The second kappa shape index (κ2) is 17.2. The van der Waals surface area contributed by atoms with Gasteiger partial charge >= 0.3 is 8.25 Å². The Morgan fingerprint density at radius 3 is 2.03 bits per heavy atom. The molecule has 1 fully saturated rings. The van der Waals surface area contributed by atoms with Crippen LogP contribution in [0.15, 0.2) is 24.3 Å². The van der Waals surface area contributed by atoms with Crippen LogP contribution in [0.2, 0.25) is 0 Å². The molecule has 0 spiro atoms. The third-order valence-electron chi connectivity index (χ3n) is 4.86. The Balaban J connectivity index is 2.07. The summed E-state index contributed by atoms with van der Waals surface area (Å²) >= 11 is 0. The van der Waals surface area contributed by atoms with E-state index in [1.165, 1.54) is 38.5 Å². The van der Waals surface area contributed by atoms with Crippen LogP contribution >= 0.6 is 8.25 Å². The molecule has 164 valence electrons. The standard InChI is InChI=1S/C21H36BO6P/c1-2-3-4-5-6-7-8-9-10-11-12-13-14-15-16-26-20-19(28-29(24)25)18(17-23)27-21(20)22/h6-7,12-13,18-21,23H,2-5,8-11,14-17H2,1H3/p+1/b7-6+,13-12+/t18?,19?,20?,21-/m1/s1. The molecule has 0 saturated carbocycles. The average molecular weight is 427 g/mol. The van der Waals surface area contributed by atoms with Gasteiger partial charge in [0.1, 0.15) is 20.1 Å². The van der Waals surface area contributed by atoms with Crippen LogP contribution in [0.4, 0.5) is 0 Å². The fourth-order valence-corrected chi connectivity index (χ4v) is 3.72. The molecule has 8 heteroatoms. The Kier molecular flexibility index (Phi) is 15.7. The van der Waals surface area contributed by atoms with E-state index in [2.05, 4.69) is 31.2 Å². The third-order valence-corrected chi connectivity index (χ3v) is 5.29. The van der Waals surface area contributed by atoms with E-state index in [0.29, 0.717) is 6.61 Å². The van der Waals surface area contributed by atoms with Gasteiger partial charge in [0.15, 0.2) is 6.10 Å². The molecule has 0 aromatic rings. The fraction of sp³-hybridized carbons (Fsp3) is 0.810. The van der Waals surface area contributed by atoms with Crippen LogP contribution < -0.4 is 0 Å². The van der Waals surface area contributed by atoms with E-state index in [4.69, 9.17) is 26.7 Å². The molecule has 1 aliphatic rings. The lowest BCUT2D eigenvalue weighted by molar-refractivity contribution is -0.0170. The summed E-state index contributed by atoms with van der Waals surface area (Å²) in [5.41, 5.74) is 0. The van der Waals surface area contributed by atoms with E-state index in [1.54, 1.807) is 0 Å². The quantitative estimate of drug-likeness (QED) is 0.156. The van der Waals surface area contributed by atoms with Crippen molar-refractivity contribution < 1.29 is 28.6 Å². The molecule has 0 amide bonds. The SMILES string of the molecule is [B][C@@H]1OC(CO)C(O[P+](=O)O)C1OCCC/C=C/CCCC/C=C/CCCCC. The summed E-state index contributed by atoms with van der Waals surface area (Å²) in [4.78, 5) is 8.97. The van der Waals surface area contributed by atoms with Crippen molar-refractivity contribution in [1.29, 1.82) is 0 Å². The summed E-state index contributed by atoms with van der Waals surface area (Å²) in [6.45, 7) is 2.32. The molecule has 6 nitrogen and oxygen atoms in total. The van der Waals surface area contributed by atoms with E-state index < -0.39 is 32.6 Å². The van der Waals surface area contributed by atoms with Crippen LogP contribution in [0.25, 0.3) is 0 Å². The molecule has 1 rings (SSSR count). The van der Waals surface area contributed by atoms with Gasteiger partial charge in [-0.15, -0.1) is 9.42 Å². The second-order valence-corrected chi connectivity index (χ2v) is 8.02. The van der Waals surface area contributed by atoms with Gasteiger partial charge in [-0.05, 0) is 51.4 Å². The van der Waals surface area contributed by atoms with Gasteiger partial charge in [0.25, 0.3) is 0 Å². The minimum absolute atomic E-state index is 0.348. The lowest BCUT2D eigenvalue weighted by atomic mass is 9.93. The third kappa shape index (κ3) is 12.0. The van der Waals surface area contributed by atoms with Crippen LogP contribution in [0.1, 0.15) is 71.1 Å². The molecular formula is C21H37BO6P+. The summed E-state index contributed by atoms with van der Waals surface area (Å²) in [5, 5.41) is 9.28. The molecule has 1 aliphatic heterocycles. The van der Waals surface area contributed by atoms with E-state index in [-0.39, 0.29) is 6.61 Å². The fourth-order valence-electron chi connectivity index (χ4n) is 3.25. The van der Waals surface area contributed by atoms with Crippen LogP contribution in [0.5, 0.6) is 0 Å². The molecule has 1 saturated heterocycles. The molecule has 0 aliphatic carbocycles. The molecule has 2 radical (unpaired) electrons. The zero-order valence-corrected chi connectivity index (χ0v) is 18.6. The number of unbranched alkanes of at least 4 members (excludes halogenated alkanes) is 7. The van der Waals surface area contributed by atoms with Crippen molar-refractivity contribution in [2.75, 3.05) is 13.2 Å². The monoisotopic (exact) mass is 427 g/mol. The van der Waals surface area contributed by atoms with E-state index in [9.17, 15) is 9.67 Å². The van der Waals surface area contributed by atoms with Gasteiger partial charge in [0.05, 0.1) is 6.61 Å². The van der Waals surface area contributed by atoms with Gasteiger partial charge in [-0.2, -0.15) is 0 Å². The molecule has 5 atom stereocenters. The largest absolute Gasteiger partial charge is 0.695 e.